The molecule has 1 aliphatic heterocycles. The summed E-state index contributed by atoms with van der Waals surface area (Å²) in [7, 11) is 0. The molecule has 1 saturated heterocycles. The molecule has 1 heterocycles. The number of carbonyl (C=O) groups is 2. The van der Waals surface area contributed by atoms with E-state index in [1.165, 1.54) is 12.3 Å². The van der Waals surface area contributed by atoms with E-state index in [1.807, 2.05) is 0 Å². The van der Waals surface area contributed by atoms with Gasteiger partial charge in [-0.3, -0.25) is 4.79 Å². The molecule has 6 nitrogen and oxygen atoms in total. The van der Waals surface area contributed by atoms with Crippen molar-refractivity contribution in [1.82, 2.24) is 10.3 Å². The van der Waals surface area contributed by atoms with Crippen molar-refractivity contribution in [1.29, 1.82) is 0 Å². The number of phenolic OH excluding ortho intramolecular Hbond substituents is 1. The minimum atomic E-state index is -0.772. The van der Waals surface area contributed by atoms with Crippen LogP contribution in [0.25, 0.3) is 0 Å². The summed E-state index contributed by atoms with van der Waals surface area (Å²) >= 11 is 0. The molecule has 1 aromatic carbocycles. The van der Waals surface area contributed by atoms with Crippen molar-refractivity contribution in [3.8, 4) is 5.75 Å². The molecule has 0 bridgehead atoms. The monoisotopic (exact) mass is 287 g/mol. The molecule has 0 radical (unpaired) electrons. The van der Waals surface area contributed by atoms with E-state index in [0.29, 0.717) is 18.4 Å². The van der Waals surface area contributed by atoms with Gasteiger partial charge >= 0.3 is 6.03 Å². The average Bonchev–Trinajstić information content (AvgIpc) is 2.70. The van der Waals surface area contributed by atoms with Crippen molar-refractivity contribution in [2.75, 3.05) is 0 Å². The van der Waals surface area contributed by atoms with E-state index in [4.69, 9.17) is 0 Å². The number of urea groups is 1. The van der Waals surface area contributed by atoms with Crippen molar-refractivity contribution in [3.63, 3.8) is 0 Å². The van der Waals surface area contributed by atoms with Crippen molar-refractivity contribution < 1.29 is 14.7 Å². The number of hydrogen-bond donors (Lipinski definition) is 2. The fourth-order valence-electron chi connectivity index (χ4n) is 2.92. The number of hydrazone groups is 1. The van der Waals surface area contributed by atoms with E-state index in [0.717, 1.165) is 24.3 Å². The molecular weight excluding hydrogens is 270 g/mol. The minimum Gasteiger partial charge on any atom is -0.507 e. The van der Waals surface area contributed by atoms with Gasteiger partial charge in [0.1, 0.15) is 11.3 Å². The molecule has 0 unspecified atom stereocenters. The normalized spacial score (nSPS) is 21.2. The second-order valence-corrected chi connectivity index (χ2v) is 5.49. The zero-order valence-electron chi connectivity index (χ0n) is 11.6. The number of nitrogens with one attached hydrogen (secondary N) is 1. The van der Waals surface area contributed by atoms with Gasteiger partial charge in [-0.2, -0.15) is 5.10 Å². The number of amides is 3. The molecular formula is C15H17N3O3. The van der Waals surface area contributed by atoms with Crippen LogP contribution in [0, 0.1) is 0 Å². The summed E-state index contributed by atoms with van der Waals surface area (Å²) in [6.45, 7) is 0. The maximum atomic E-state index is 12.5. The maximum Gasteiger partial charge on any atom is 0.346 e. The highest BCUT2D eigenvalue weighted by molar-refractivity contribution is 6.07. The van der Waals surface area contributed by atoms with Crippen LogP contribution in [0.3, 0.4) is 0 Å². The predicted molar refractivity (Wildman–Crippen MR) is 76.9 cm³/mol. The van der Waals surface area contributed by atoms with E-state index in [2.05, 4.69) is 10.4 Å². The van der Waals surface area contributed by atoms with Crippen molar-refractivity contribution in [3.05, 3.63) is 29.8 Å². The summed E-state index contributed by atoms with van der Waals surface area (Å²) in [5.74, 6) is -0.237. The number of rotatable bonds is 2. The number of hydrogen-bond acceptors (Lipinski definition) is 4. The second-order valence-electron chi connectivity index (χ2n) is 5.49. The number of para-hydroxylation sites is 1. The lowest BCUT2D eigenvalue weighted by atomic mass is 9.82. The van der Waals surface area contributed by atoms with E-state index < -0.39 is 11.6 Å². The number of carbonyl (C=O) groups excluding carboxylic acids is 2. The third-order valence-corrected chi connectivity index (χ3v) is 4.10. The molecule has 2 N–H and O–H groups in total. The third kappa shape index (κ3) is 2.37. The molecule has 110 valence electrons. The van der Waals surface area contributed by atoms with Gasteiger partial charge in [0.05, 0.1) is 6.21 Å². The van der Waals surface area contributed by atoms with Gasteiger partial charge in [0, 0.05) is 5.56 Å². The van der Waals surface area contributed by atoms with Gasteiger partial charge in [0.2, 0.25) is 0 Å². The zero-order valence-corrected chi connectivity index (χ0v) is 11.6. The zero-order chi connectivity index (χ0) is 14.9. The minimum absolute atomic E-state index is 0.0562. The molecule has 0 atom stereocenters. The predicted octanol–water partition coefficient (Wildman–Crippen LogP) is 1.98. The topological polar surface area (TPSA) is 82.0 Å². The number of aromatic hydroxyl groups is 1. The Labute approximate surface area is 122 Å². The van der Waals surface area contributed by atoms with E-state index >= 15 is 0 Å². The van der Waals surface area contributed by atoms with E-state index in [1.54, 1.807) is 18.2 Å². The Morgan fingerprint density at radius 1 is 1.19 bits per heavy atom. The molecule has 2 aliphatic rings. The Hall–Kier alpha value is -2.37. The molecule has 1 aliphatic carbocycles. The summed E-state index contributed by atoms with van der Waals surface area (Å²) < 4.78 is 0. The Morgan fingerprint density at radius 3 is 2.62 bits per heavy atom. The summed E-state index contributed by atoms with van der Waals surface area (Å²) in [5.41, 5.74) is -0.312. The Kier molecular flexibility index (Phi) is 3.37. The number of benzene rings is 1. The van der Waals surface area contributed by atoms with E-state index in [9.17, 15) is 14.7 Å². The first-order chi connectivity index (χ1) is 10.1. The Bertz CT molecular complexity index is 606. The lowest BCUT2D eigenvalue weighted by Crippen LogP contribution is -2.48. The van der Waals surface area contributed by atoms with Crippen LogP contribution in [0.5, 0.6) is 5.75 Å². The highest BCUT2D eigenvalue weighted by Crippen LogP contribution is 2.33. The first kappa shape index (κ1) is 13.6. The molecule has 2 fully saturated rings. The van der Waals surface area contributed by atoms with Crippen molar-refractivity contribution in [2.24, 2.45) is 5.10 Å². The highest BCUT2D eigenvalue weighted by atomic mass is 16.3. The van der Waals surface area contributed by atoms with Crippen LogP contribution in [0.2, 0.25) is 0 Å². The first-order valence-electron chi connectivity index (χ1n) is 7.11. The van der Waals surface area contributed by atoms with Crippen LogP contribution < -0.4 is 5.32 Å². The van der Waals surface area contributed by atoms with Crippen molar-refractivity contribution >= 4 is 18.2 Å². The fourth-order valence-corrected chi connectivity index (χ4v) is 2.92. The molecule has 1 saturated carbocycles. The molecule has 1 spiro atoms. The van der Waals surface area contributed by atoms with Gasteiger partial charge in [0.15, 0.2) is 0 Å². The van der Waals surface area contributed by atoms with Crippen LogP contribution in [0.4, 0.5) is 4.79 Å². The molecule has 6 heteroatoms. The SMILES string of the molecule is O=C1NC2(CCCCC2)C(=O)N1/N=C\c1ccccc1O. The first-order valence-corrected chi connectivity index (χ1v) is 7.11. The molecule has 3 amide bonds. The van der Waals surface area contributed by atoms with Gasteiger partial charge < -0.3 is 10.4 Å². The molecule has 1 aromatic rings. The Balaban J connectivity index is 1.81. The van der Waals surface area contributed by atoms with Gasteiger partial charge in [-0.05, 0) is 25.0 Å². The van der Waals surface area contributed by atoms with E-state index in [-0.39, 0.29) is 11.7 Å². The highest BCUT2D eigenvalue weighted by Gasteiger charge is 2.51. The summed E-state index contributed by atoms with van der Waals surface area (Å²) in [6.07, 6.45) is 5.62. The maximum absolute atomic E-state index is 12.5. The quantitative estimate of drug-likeness (QED) is 0.644. The third-order valence-electron chi connectivity index (χ3n) is 4.10. The smallest absolute Gasteiger partial charge is 0.346 e. The van der Waals surface area contributed by atoms with Crippen LogP contribution in [-0.4, -0.2) is 33.8 Å². The molecule has 21 heavy (non-hydrogen) atoms. The molecule has 0 aromatic heterocycles. The van der Waals surface area contributed by atoms with Gasteiger partial charge in [-0.15, -0.1) is 5.01 Å². The lowest BCUT2D eigenvalue weighted by Gasteiger charge is -2.29. The van der Waals surface area contributed by atoms with Crippen molar-refractivity contribution in [2.45, 2.75) is 37.6 Å². The van der Waals surface area contributed by atoms with Crippen LogP contribution in [-0.2, 0) is 4.79 Å². The number of nitrogens with zero attached hydrogens (tertiary/aromatic N) is 2. The van der Waals surface area contributed by atoms with Crippen LogP contribution >= 0.6 is 0 Å². The average molecular weight is 287 g/mol. The summed E-state index contributed by atoms with van der Waals surface area (Å²) in [6, 6.07) is 6.13. The number of phenols is 1. The summed E-state index contributed by atoms with van der Waals surface area (Å²) in [5, 5.41) is 17.3. The second kappa shape index (κ2) is 5.20. The largest absolute Gasteiger partial charge is 0.507 e. The lowest BCUT2D eigenvalue weighted by molar-refractivity contribution is -0.132. The Morgan fingerprint density at radius 2 is 1.90 bits per heavy atom. The van der Waals surface area contributed by atoms with Gasteiger partial charge in [-0.1, -0.05) is 31.4 Å². The fraction of sp³-hybridized carbons (Fsp3) is 0.400. The number of imide groups is 1. The van der Waals surface area contributed by atoms with Crippen LogP contribution in [0.15, 0.2) is 29.4 Å². The van der Waals surface area contributed by atoms with Crippen LogP contribution in [0.1, 0.15) is 37.7 Å². The van der Waals surface area contributed by atoms with Gasteiger partial charge in [0.25, 0.3) is 5.91 Å². The summed E-state index contributed by atoms with van der Waals surface area (Å²) in [4.78, 5) is 24.4. The van der Waals surface area contributed by atoms with Gasteiger partial charge in [-0.25, -0.2) is 4.79 Å². The molecule has 3 rings (SSSR count). The standard InChI is InChI=1S/C15H17N3O3/c19-12-7-3-2-6-11(12)10-16-18-13(20)15(17-14(18)21)8-4-1-5-9-15/h2-3,6-7,10,19H,1,4-5,8-9H2,(H,17,21)/b16-10-.